The van der Waals surface area contributed by atoms with Gasteiger partial charge in [0.05, 0.1) is 4.90 Å². The average Bonchev–Trinajstić information content (AvgIpc) is 2.82. The van der Waals surface area contributed by atoms with E-state index >= 15 is 0 Å². The first kappa shape index (κ1) is 15.6. The predicted molar refractivity (Wildman–Crippen MR) is 80.0 cm³/mol. The topological polar surface area (TPSA) is 94.3 Å². The first-order valence-corrected chi connectivity index (χ1v) is 9.90. The molecule has 2 aromatic rings. The Labute approximate surface area is 129 Å². The Kier molecular flexibility index (Phi) is 4.09. The first-order valence-electron chi connectivity index (χ1n) is 5.26. The molecule has 1 aromatic carbocycles. The summed E-state index contributed by atoms with van der Waals surface area (Å²) in [6.45, 7) is 1.77. The van der Waals surface area contributed by atoms with E-state index in [-0.39, 0.29) is 13.3 Å². The van der Waals surface area contributed by atoms with Crippen LogP contribution in [0.25, 0.3) is 0 Å². The molecule has 0 saturated heterocycles. The SMILES string of the molecule is Cc1cc(S(=O)(=O)c2ccc(S(N)(=O)=O)s2)ccc1Br. The number of primary sulfonamides is 1. The summed E-state index contributed by atoms with van der Waals surface area (Å²) in [5.74, 6) is 0. The average molecular weight is 396 g/mol. The number of sulfonamides is 1. The van der Waals surface area contributed by atoms with Gasteiger partial charge in [-0.25, -0.2) is 22.0 Å². The molecule has 20 heavy (non-hydrogen) atoms. The maximum Gasteiger partial charge on any atom is 0.247 e. The molecule has 0 aliphatic heterocycles. The molecule has 0 amide bonds. The summed E-state index contributed by atoms with van der Waals surface area (Å²) in [6, 6.07) is 7.06. The summed E-state index contributed by atoms with van der Waals surface area (Å²) in [7, 11) is -7.63. The number of sulfone groups is 1. The molecule has 0 unspecified atom stereocenters. The van der Waals surface area contributed by atoms with Gasteiger partial charge in [0, 0.05) is 4.47 Å². The lowest BCUT2D eigenvalue weighted by Crippen LogP contribution is -2.09. The third-order valence-corrected chi connectivity index (χ3v) is 8.20. The Balaban J connectivity index is 2.55. The molecule has 2 rings (SSSR count). The highest BCUT2D eigenvalue weighted by atomic mass is 79.9. The first-order chi connectivity index (χ1) is 9.12. The number of nitrogens with two attached hydrogens (primary N) is 1. The summed E-state index contributed by atoms with van der Waals surface area (Å²) in [6.07, 6.45) is 0. The van der Waals surface area contributed by atoms with Crippen LogP contribution < -0.4 is 5.14 Å². The molecular weight excluding hydrogens is 386 g/mol. The summed E-state index contributed by atoms with van der Waals surface area (Å²) in [5, 5.41) is 4.98. The van der Waals surface area contributed by atoms with E-state index in [9.17, 15) is 16.8 Å². The quantitative estimate of drug-likeness (QED) is 0.862. The summed E-state index contributed by atoms with van der Waals surface area (Å²) < 4.78 is 47.8. The number of rotatable bonds is 3. The van der Waals surface area contributed by atoms with Gasteiger partial charge in [0.1, 0.15) is 8.42 Å². The third-order valence-electron chi connectivity index (χ3n) is 2.54. The summed E-state index contributed by atoms with van der Waals surface area (Å²) >= 11 is 3.93. The second kappa shape index (κ2) is 5.23. The van der Waals surface area contributed by atoms with E-state index in [0.717, 1.165) is 10.0 Å². The Bertz CT molecular complexity index is 869. The summed E-state index contributed by atoms with van der Waals surface area (Å²) in [5.41, 5.74) is 0.773. The molecule has 5 nitrogen and oxygen atoms in total. The maximum atomic E-state index is 12.4. The van der Waals surface area contributed by atoms with E-state index in [4.69, 9.17) is 5.14 Å². The van der Waals surface area contributed by atoms with Crippen LogP contribution in [0.4, 0.5) is 0 Å². The van der Waals surface area contributed by atoms with Gasteiger partial charge in [-0.3, -0.25) is 0 Å². The third kappa shape index (κ3) is 2.96. The highest BCUT2D eigenvalue weighted by molar-refractivity contribution is 9.10. The second-order valence-corrected chi connectivity index (χ2v) is 9.94. The number of thiophene rings is 1. The van der Waals surface area contributed by atoms with E-state index in [1.54, 1.807) is 13.0 Å². The molecular formula is C11H10BrNO4S3. The second-order valence-electron chi connectivity index (χ2n) is 4.03. The number of halogens is 1. The Morgan fingerprint density at radius 2 is 1.65 bits per heavy atom. The van der Waals surface area contributed by atoms with Gasteiger partial charge in [0.2, 0.25) is 19.9 Å². The zero-order valence-corrected chi connectivity index (χ0v) is 14.2. The zero-order valence-electron chi connectivity index (χ0n) is 10.2. The van der Waals surface area contributed by atoms with Crippen LogP contribution >= 0.6 is 27.3 Å². The molecule has 0 radical (unpaired) electrons. The predicted octanol–water partition coefficient (Wildman–Crippen LogP) is 2.30. The van der Waals surface area contributed by atoms with Crippen molar-refractivity contribution >= 4 is 47.1 Å². The van der Waals surface area contributed by atoms with Crippen LogP contribution in [-0.2, 0) is 19.9 Å². The fourth-order valence-corrected chi connectivity index (χ4v) is 5.42. The standard InChI is InChI=1S/C11H10BrNO4S3/c1-7-6-8(2-3-9(7)12)19(14,15)10-4-5-11(18-10)20(13,16)17/h2-6H,1H3,(H2,13,16,17). The lowest BCUT2D eigenvalue weighted by Gasteiger charge is -2.04. The van der Waals surface area contributed by atoms with Gasteiger partial charge in [-0.2, -0.15) is 0 Å². The number of hydrogen-bond acceptors (Lipinski definition) is 5. The van der Waals surface area contributed by atoms with Crippen molar-refractivity contribution in [2.24, 2.45) is 5.14 Å². The smallest absolute Gasteiger partial charge is 0.224 e. The van der Waals surface area contributed by atoms with E-state index in [1.807, 2.05) is 0 Å². The Morgan fingerprint density at radius 1 is 1.05 bits per heavy atom. The molecule has 0 saturated carbocycles. The van der Waals surface area contributed by atoms with Gasteiger partial charge >= 0.3 is 0 Å². The van der Waals surface area contributed by atoms with Crippen molar-refractivity contribution in [2.45, 2.75) is 20.2 Å². The molecule has 1 aromatic heterocycles. The molecule has 9 heteroatoms. The molecule has 0 aliphatic carbocycles. The van der Waals surface area contributed by atoms with Gasteiger partial charge < -0.3 is 0 Å². The molecule has 2 N–H and O–H groups in total. The minimum Gasteiger partial charge on any atom is -0.224 e. The van der Waals surface area contributed by atoms with Crippen LogP contribution in [0, 0.1) is 6.92 Å². The van der Waals surface area contributed by atoms with Crippen molar-refractivity contribution in [2.75, 3.05) is 0 Å². The van der Waals surface area contributed by atoms with Crippen molar-refractivity contribution in [3.8, 4) is 0 Å². The van der Waals surface area contributed by atoms with Crippen molar-refractivity contribution in [3.05, 3.63) is 40.4 Å². The maximum absolute atomic E-state index is 12.4. The fourth-order valence-electron chi connectivity index (χ4n) is 1.50. The molecule has 0 bridgehead atoms. The van der Waals surface area contributed by atoms with Crippen LogP contribution in [0.15, 0.2) is 48.1 Å². The number of benzene rings is 1. The van der Waals surface area contributed by atoms with Crippen LogP contribution in [0.5, 0.6) is 0 Å². The van der Waals surface area contributed by atoms with Gasteiger partial charge in [-0.15, -0.1) is 11.3 Å². The normalized spacial score (nSPS) is 12.6. The minimum atomic E-state index is -3.89. The lowest BCUT2D eigenvalue weighted by molar-refractivity contribution is 0.597. The fraction of sp³-hybridized carbons (Fsp3) is 0.0909. The Morgan fingerprint density at radius 3 is 2.15 bits per heavy atom. The molecule has 108 valence electrons. The van der Waals surface area contributed by atoms with Crippen molar-refractivity contribution in [1.82, 2.24) is 0 Å². The molecule has 0 aliphatic rings. The largest absolute Gasteiger partial charge is 0.247 e. The highest BCUT2D eigenvalue weighted by Crippen LogP contribution is 2.31. The van der Waals surface area contributed by atoms with Crippen molar-refractivity contribution < 1.29 is 16.8 Å². The van der Waals surface area contributed by atoms with E-state index in [0.29, 0.717) is 11.3 Å². The van der Waals surface area contributed by atoms with Crippen LogP contribution in [0.2, 0.25) is 0 Å². The van der Waals surface area contributed by atoms with Gasteiger partial charge in [0.15, 0.2) is 0 Å². The van der Waals surface area contributed by atoms with E-state index < -0.39 is 19.9 Å². The monoisotopic (exact) mass is 395 g/mol. The Hall–Kier alpha value is -0.740. The molecule has 0 spiro atoms. The molecule has 0 fully saturated rings. The summed E-state index contributed by atoms with van der Waals surface area (Å²) in [4.78, 5) is 0.112. The van der Waals surface area contributed by atoms with Gasteiger partial charge in [0.25, 0.3) is 0 Å². The van der Waals surface area contributed by atoms with Crippen molar-refractivity contribution in [1.29, 1.82) is 0 Å². The van der Waals surface area contributed by atoms with Crippen LogP contribution in [0.1, 0.15) is 5.56 Å². The molecule has 0 atom stereocenters. The van der Waals surface area contributed by atoms with Gasteiger partial charge in [-0.1, -0.05) is 15.9 Å². The van der Waals surface area contributed by atoms with Crippen molar-refractivity contribution in [3.63, 3.8) is 0 Å². The highest BCUT2D eigenvalue weighted by Gasteiger charge is 2.23. The van der Waals surface area contributed by atoms with Crippen LogP contribution in [-0.4, -0.2) is 16.8 Å². The van der Waals surface area contributed by atoms with Crippen LogP contribution in [0.3, 0.4) is 0 Å². The van der Waals surface area contributed by atoms with Gasteiger partial charge in [-0.05, 0) is 42.8 Å². The zero-order chi connectivity index (χ0) is 15.1. The van der Waals surface area contributed by atoms with E-state index in [1.165, 1.54) is 24.3 Å². The number of aryl methyl sites for hydroxylation is 1. The van der Waals surface area contributed by atoms with E-state index in [2.05, 4.69) is 15.9 Å². The molecule has 1 heterocycles. The number of hydrogen-bond donors (Lipinski definition) is 1. The lowest BCUT2D eigenvalue weighted by atomic mass is 10.2. The minimum absolute atomic E-state index is 0.0525.